The van der Waals surface area contributed by atoms with Crippen LogP contribution < -0.4 is 5.73 Å². The fourth-order valence-corrected chi connectivity index (χ4v) is 2.28. The van der Waals surface area contributed by atoms with E-state index in [0.29, 0.717) is 6.42 Å². The molecule has 0 radical (unpaired) electrons. The summed E-state index contributed by atoms with van der Waals surface area (Å²) in [4.78, 5) is 0. The third-order valence-corrected chi connectivity index (χ3v) is 5.81. The van der Waals surface area contributed by atoms with Gasteiger partial charge in [-0.2, -0.15) is 0 Å². The minimum Gasteiger partial charge on any atom is -0.326 e. The Bertz CT molecular complexity index is 538. The standard InChI is InChI=1S/C13H20FNO2S/c1-9-7-11(14)6-5-10(9)8-12(15)13(2,3)18(4,16)17/h5-7,12H,8,15H2,1-4H3. The molecule has 5 heteroatoms. The molecule has 1 atom stereocenters. The topological polar surface area (TPSA) is 60.2 Å². The van der Waals surface area contributed by atoms with E-state index in [1.165, 1.54) is 18.4 Å². The van der Waals surface area contributed by atoms with Crippen molar-refractivity contribution in [1.82, 2.24) is 0 Å². The van der Waals surface area contributed by atoms with Crippen LogP contribution in [0.15, 0.2) is 18.2 Å². The molecule has 1 aromatic carbocycles. The summed E-state index contributed by atoms with van der Waals surface area (Å²) in [7, 11) is -3.24. The lowest BCUT2D eigenvalue weighted by Crippen LogP contribution is -2.50. The lowest BCUT2D eigenvalue weighted by molar-refractivity contribution is 0.481. The fraction of sp³-hybridized carbons (Fsp3) is 0.538. The Labute approximate surface area is 108 Å². The van der Waals surface area contributed by atoms with E-state index >= 15 is 0 Å². The van der Waals surface area contributed by atoms with Crippen molar-refractivity contribution >= 4 is 9.84 Å². The van der Waals surface area contributed by atoms with E-state index in [1.54, 1.807) is 26.8 Å². The van der Waals surface area contributed by atoms with Crippen LogP contribution in [0.5, 0.6) is 0 Å². The van der Waals surface area contributed by atoms with Crippen molar-refractivity contribution in [3.63, 3.8) is 0 Å². The van der Waals surface area contributed by atoms with Crippen molar-refractivity contribution in [1.29, 1.82) is 0 Å². The number of nitrogens with two attached hydrogens (primary N) is 1. The van der Waals surface area contributed by atoms with Crippen LogP contribution in [0.3, 0.4) is 0 Å². The number of aryl methyl sites for hydroxylation is 1. The maximum absolute atomic E-state index is 13.0. The van der Waals surface area contributed by atoms with Gasteiger partial charge in [0.2, 0.25) is 0 Å². The minimum atomic E-state index is -3.24. The number of hydrogen-bond donors (Lipinski definition) is 1. The van der Waals surface area contributed by atoms with Gasteiger partial charge in [0.05, 0.1) is 4.75 Å². The molecular weight excluding hydrogens is 253 g/mol. The molecule has 0 aromatic heterocycles. The molecule has 0 fully saturated rings. The van der Waals surface area contributed by atoms with Crippen LogP contribution in [-0.4, -0.2) is 25.5 Å². The number of hydrogen-bond acceptors (Lipinski definition) is 3. The summed E-state index contributed by atoms with van der Waals surface area (Å²) < 4.78 is 35.3. The molecule has 2 N–H and O–H groups in total. The summed E-state index contributed by atoms with van der Waals surface area (Å²) in [5, 5.41) is 0. The molecule has 0 saturated heterocycles. The number of sulfone groups is 1. The normalized spacial score (nSPS) is 14.6. The Kier molecular flexibility index (Phi) is 4.18. The molecule has 1 aromatic rings. The van der Waals surface area contributed by atoms with Crippen LogP contribution in [0.2, 0.25) is 0 Å². The van der Waals surface area contributed by atoms with Gasteiger partial charge in [-0.3, -0.25) is 0 Å². The summed E-state index contributed by atoms with van der Waals surface area (Å²) >= 11 is 0. The van der Waals surface area contributed by atoms with Crippen molar-refractivity contribution < 1.29 is 12.8 Å². The van der Waals surface area contributed by atoms with Crippen LogP contribution in [0.4, 0.5) is 4.39 Å². The molecule has 18 heavy (non-hydrogen) atoms. The van der Waals surface area contributed by atoms with Crippen LogP contribution >= 0.6 is 0 Å². The molecule has 0 amide bonds. The quantitative estimate of drug-likeness (QED) is 0.910. The minimum absolute atomic E-state index is 0.299. The third kappa shape index (κ3) is 3.09. The summed E-state index contributed by atoms with van der Waals surface area (Å²) in [5.41, 5.74) is 7.67. The molecule has 0 bridgehead atoms. The SMILES string of the molecule is Cc1cc(F)ccc1CC(N)C(C)(C)S(C)(=O)=O. The van der Waals surface area contributed by atoms with Gasteiger partial charge in [0.15, 0.2) is 9.84 Å². The van der Waals surface area contributed by atoms with Gasteiger partial charge in [-0.05, 0) is 50.5 Å². The van der Waals surface area contributed by atoms with E-state index in [4.69, 9.17) is 5.73 Å². The molecule has 0 aliphatic rings. The second kappa shape index (κ2) is 4.97. The van der Waals surface area contributed by atoms with Gasteiger partial charge >= 0.3 is 0 Å². The Morgan fingerprint density at radius 2 is 1.94 bits per heavy atom. The molecule has 1 unspecified atom stereocenters. The van der Waals surface area contributed by atoms with E-state index in [-0.39, 0.29) is 5.82 Å². The predicted octanol–water partition coefficient (Wildman–Crippen LogP) is 1.83. The zero-order valence-corrected chi connectivity index (χ0v) is 12.0. The van der Waals surface area contributed by atoms with E-state index in [9.17, 15) is 12.8 Å². The number of rotatable bonds is 4. The highest BCUT2D eigenvalue weighted by atomic mass is 32.2. The average Bonchev–Trinajstić information content (AvgIpc) is 2.20. The first-order valence-electron chi connectivity index (χ1n) is 5.76. The Morgan fingerprint density at radius 3 is 2.39 bits per heavy atom. The molecule has 1 rings (SSSR count). The molecule has 0 aliphatic carbocycles. The van der Waals surface area contributed by atoms with E-state index in [0.717, 1.165) is 11.1 Å². The molecule has 0 aliphatic heterocycles. The van der Waals surface area contributed by atoms with Gasteiger partial charge in [-0.15, -0.1) is 0 Å². The second-order valence-corrected chi connectivity index (χ2v) is 7.85. The van der Waals surface area contributed by atoms with E-state index in [2.05, 4.69) is 0 Å². The average molecular weight is 273 g/mol. The lowest BCUT2D eigenvalue weighted by Gasteiger charge is -2.30. The third-order valence-electron chi connectivity index (χ3n) is 3.59. The van der Waals surface area contributed by atoms with Crippen molar-refractivity contribution in [2.24, 2.45) is 5.73 Å². The molecule has 0 spiro atoms. The Hall–Kier alpha value is -0.940. The smallest absolute Gasteiger partial charge is 0.154 e. The first-order valence-corrected chi connectivity index (χ1v) is 7.65. The van der Waals surface area contributed by atoms with E-state index in [1.807, 2.05) is 0 Å². The zero-order valence-electron chi connectivity index (χ0n) is 11.2. The Balaban J connectivity index is 2.98. The highest BCUT2D eigenvalue weighted by Crippen LogP contribution is 2.23. The molecule has 102 valence electrons. The van der Waals surface area contributed by atoms with Crippen LogP contribution in [0, 0.1) is 12.7 Å². The van der Waals surface area contributed by atoms with Crippen LogP contribution in [0.1, 0.15) is 25.0 Å². The van der Waals surface area contributed by atoms with Crippen LogP contribution in [0.25, 0.3) is 0 Å². The van der Waals surface area contributed by atoms with Crippen molar-refractivity contribution in [2.75, 3.05) is 6.26 Å². The summed E-state index contributed by atoms with van der Waals surface area (Å²) in [5.74, 6) is -0.299. The van der Waals surface area contributed by atoms with Crippen molar-refractivity contribution in [2.45, 2.75) is 38.0 Å². The van der Waals surface area contributed by atoms with E-state index < -0.39 is 20.6 Å². The van der Waals surface area contributed by atoms with Crippen molar-refractivity contribution in [3.8, 4) is 0 Å². The summed E-state index contributed by atoms with van der Waals surface area (Å²) in [6, 6.07) is 3.91. The molecule has 0 heterocycles. The van der Waals surface area contributed by atoms with Crippen molar-refractivity contribution in [3.05, 3.63) is 35.1 Å². The van der Waals surface area contributed by atoms with Gasteiger partial charge in [0.1, 0.15) is 5.82 Å². The lowest BCUT2D eigenvalue weighted by atomic mass is 9.94. The fourth-order valence-electron chi connectivity index (χ4n) is 1.65. The maximum Gasteiger partial charge on any atom is 0.154 e. The highest BCUT2D eigenvalue weighted by Gasteiger charge is 2.36. The summed E-state index contributed by atoms with van der Waals surface area (Å²) in [6.45, 7) is 5.02. The number of benzene rings is 1. The van der Waals surface area contributed by atoms with Gasteiger partial charge in [0, 0.05) is 12.3 Å². The zero-order chi connectivity index (χ0) is 14.1. The predicted molar refractivity (Wildman–Crippen MR) is 71.7 cm³/mol. The number of halogens is 1. The highest BCUT2D eigenvalue weighted by molar-refractivity contribution is 7.92. The first-order chi connectivity index (χ1) is 8.05. The summed E-state index contributed by atoms with van der Waals surface area (Å²) in [6.07, 6.45) is 1.59. The maximum atomic E-state index is 13.0. The molecular formula is C13H20FNO2S. The van der Waals surface area contributed by atoms with Crippen LogP contribution in [-0.2, 0) is 16.3 Å². The second-order valence-electron chi connectivity index (χ2n) is 5.26. The first kappa shape index (κ1) is 15.1. The molecule has 0 saturated carbocycles. The molecule has 3 nitrogen and oxygen atoms in total. The van der Waals surface area contributed by atoms with Gasteiger partial charge < -0.3 is 5.73 Å². The monoisotopic (exact) mass is 273 g/mol. The van der Waals surface area contributed by atoms with Gasteiger partial charge in [-0.25, -0.2) is 12.8 Å². The van der Waals surface area contributed by atoms with Gasteiger partial charge in [0.25, 0.3) is 0 Å². The van der Waals surface area contributed by atoms with Gasteiger partial charge in [-0.1, -0.05) is 6.07 Å². The largest absolute Gasteiger partial charge is 0.326 e. The Morgan fingerprint density at radius 1 is 1.39 bits per heavy atom.